The van der Waals surface area contributed by atoms with E-state index in [0.29, 0.717) is 5.69 Å². The van der Waals surface area contributed by atoms with E-state index in [9.17, 15) is 4.79 Å². The maximum atomic E-state index is 11.1. The molecule has 0 aliphatic heterocycles. The van der Waals surface area contributed by atoms with Crippen molar-refractivity contribution in [1.29, 1.82) is 0 Å². The molecule has 0 bridgehead atoms. The normalized spacial score (nSPS) is 10.1. The molecule has 0 amide bonds. The molecule has 2 rings (SSSR count). The summed E-state index contributed by atoms with van der Waals surface area (Å²) < 4.78 is 0. The molecular weight excluding hydrogens is 202 g/mol. The van der Waals surface area contributed by atoms with Crippen LogP contribution < -0.4 is 0 Å². The van der Waals surface area contributed by atoms with Crippen molar-refractivity contribution in [2.45, 2.75) is 6.92 Å². The predicted octanol–water partition coefficient (Wildman–Crippen LogP) is 2.76. The van der Waals surface area contributed by atoms with Gasteiger partial charge in [0, 0.05) is 11.8 Å². The summed E-state index contributed by atoms with van der Waals surface area (Å²) in [6.07, 6.45) is 1.68. The zero-order valence-electron chi connectivity index (χ0n) is 8.84. The lowest BCUT2D eigenvalue weighted by molar-refractivity contribution is 0.0697. The first kappa shape index (κ1) is 10.4. The number of aromatic nitrogens is 1. The van der Waals surface area contributed by atoms with Crippen molar-refractivity contribution in [3.05, 3.63) is 53.7 Å². The molecule has 1 heterocycles. The fraction of sp³-hybridized carbons (Fsp3) is 0.0769. The molecule has 0 spiro atoms. The number of hydrogen-bond donors (Lipinski definition) is 1. The molecule has 1 N–H and O–H groups in total. The van der Waals surface area contributed by atoms with Crippen molar-refractivity contribution in [3.8, 4) is 11.3 Å². The Balaban J connectivity index is 2.61. The summed E-state index contributed by atoms with van der Waals surface area (Å²) in [6.45, 7) is 1.83. The van der Waals surface area contributed by atoms with Crippen LogP contribution in [-0.2, 0) is 0 Å². The van der Waals surface area contributed by atoms with Crippen LogP contribution in [0.15, 0.2) is 42.6 Å². The quantitative estimate of drug-likeness (QED) is 0.834. The zero-order valence-corrected chi connectivity index (χ0v) is 8.84. The van der Waals surface area contributed by atoms with Gasteiger partial charge in [-0.05, 0) is 18.6 Å². The number of nitrogens with zero attached hydrogens (tertiary/aromatic N) is 1. The third-order valence-corrected chi connectivity index (χ3v) is 2.30. The van der Waals surface area contributed by atoms with E-state index in [4.69, 9.17) is 5.11 Å². The molecule has 3 nitrogen and oxygen atoms in total. The topological polar surface area (TPSA) is 50.2 Å². The Hall–Kier alpha value is -2.16. The molecule has 1 aromatic heterocycles. The lowest BCUT2D eigenvalue weighted by atomic mass is 10.0. The smallest absolute Gasteiger partial charge is 0.337 e. The summed E-state index contributed by atoms with van der Waals surface area (Å²) >= 11 is 0. The number of pyridine rings is 1. The predicted molar refractivity (Wildman–Crippen MR) is 61.4 cm³/mol. The minimum absolute atomic E-state index is 0.242. The number of carbonyl (C=O) groups is 1. The monoisotopic (exact) mass is 213 g/mol. The van der Waals surface area contributed by atoms with Crippen LogP contribution in [0, 0.1) is 6.92 Å². The second-order valence-electron chi connectivity index (χ2n) is 3.58. The third-order valence-electron chi connectivity index (χ3n) is 2.30. The maximum Gasteiger partial charge on any atom is 0.337 e. The van der Waals surface area contributed by atoms with E-state index in [1.807, 2.05) is 37.3 Å². The molecule has 0 saturated carbocycles. The van der Waals surface area contributed by atoms with Gasteiger partial charge in [0.05, 0.1) is 11.3 Å². The molecule has 0 unspecified atom stereocenters. The van der Waals surface area contributed by atoms with E-state index < -0.39 is 5.97 Å². The van der Waals surface area contributed by atoms with Gasteiger partial charge in [-0.15, -0.1) is 0 Å². The fourth-order valence-corrected chi connectivity index (χ4v) is 1.56. The van der Waals surface area contributed by atoms with Crippen molar-refractivity contribution < 1.29 is 9.90 Å². The van der Waals surface area contributed by atoms with Gasteiger partial charge in [0.1, 0.15) is 0 Å². The molecule has 3 heteroatoms. The van der Waals surface area contributed by atoms with Gasteiger partial charge in [-0.2, -0.15) is 0 Å². The van der Waals surface area contributed by atoms with Crippen LogP contribution in [0.3, 0.4) is 0 Å². The van der Waals surface area contributed by atoms with Gasteiger partial charge < -0.3 is 5.11 Å². The molecule has 1 aromatic carbocycles. The van der Waals surface area contributed by atoms with E-state index in [1.165, 1.54) is 0 Å². The number of aryl methyl sites for hydroxylation is 1. The van der Waals surface area contributed by atoms with Crippen molar-refractivity contribution in [1.82, 2.24) is 4.98 Å². The summed E-state index contributed by atoms with van der Waals surface area (Å²) in [6, 6.07) is 11.0. The molecule has 2 aromatic rings. The van der Waals surface area contributed by atoms with Gasteiger partial charge in [-0.25, -0.2) is 4.79 Å². The Bertz CT molecular complexity index is 521. The van der Waals surface area contributed by atoms with Gasteiger partial charge in [0.2, 0.25) is 0 Å². The molecule has 80 valence electrons. The van der Waals surface area contributed by atoms with E-state index >= 15 is 0 Å². The zero-order chi connectivity index (χ0) is 11.5. The molecular formula is C13H11NO2. The van der Waals surface area contributed by atoms with Crippen LogP contribution in [0.25, 0.3) is 11.3 Å². The van der Waals surface area contributed by atoms with Gasteiger partial charge in [-0.3, -0.25) is 4.98 Å². The van der Waals surface area contributed by atoms with E-state index in [-0.39, 0.29) is 5.56 Å². The average Bonchev–Trinajstić information content (AvgIpc) is 2.30. The fourth-order valence-electron chi connectivity index (χ4n) is 1.56. The minimum Gasteiger partial charge on any atom is -0.478 e. The summed E-state index contributed by atoms with van der Waals surface area (Å²) in [5, 5.41) is 9.11. The van der Waals surface area contributed by atoms with Crippen LogP contribution in [0.5, 0.6) is 0 Å². The number of rotatable bonds is 2. The molecule has 0 radical (unpaired) electrons. The van der Waals surface area contributed by atoms with Gasteiger partial charge in [-0.1, -0.05) is 30.3 Å². The number of benzene rings is 1. The van der Waals surface area contributed by atoms with Crippen molar-refractivity contribution >= 4 is 5.97 Å². The largest absolute Gasteiger partial charge is 0.478 e. The average molecular weight is 213 g/mol. The van der Waals surface area contributed by atoms with Crippen LogP contribution in [0.2, 0.25) is 0 Å². The number of hydrogen-bond acceptors (Lipinski definition) is 2. The highest BCUT2D eigenvalue weighted by Crippen LogP contribution is 2.21. The minimum atomic E-state index is -0.949. The van der Waals surface area contributed by atoms with Crippen LogP contribution in [-0.4, -0.2) is 16.1 Å². The Labute approximate surface area is 93.4 Å². The van der Waals surface area contributed by atoms with Gasteiger partial charge in [0.15, 0.2) is 0 Å². The molecule has 0 fully saturated rings. The number of aromatic carboxylic acids is 1. The van der Waals surface area contributed by atoms with E-state index in [2.05, 4.69) is 4.98 Å². The summed E-state index contributed by atoms with van der Waals surface area (Å²) in [5.41, 5.74) is 2.42. The van der Waals surface area contributed by atoms with Gasteiger partial charge >= 0.3 is 5.97 Å². The maximum absolute atomic E-state index is 11.1. The Morgan fingerprint density at radius 1 is 1.25 bits per heavy atom. The first-order chi connectivity index (χ1) is 7.68. The Kier molecular flexibility index (Phi) is 2.68. The van der Waals surface area contributed by atoms with Crippen molar-refractivity contribution in [2.24, 2.45) is 0 Å². The van der Waals surface area contributed by atoms with Crippen LogP contribution >= 0.6 is 0 Å². The highest BCUT2D eigenvalue weighted by Gasteiger charge is 2.12. The molecule has 0 aliphatic carbocycles. The summed E-state index contributed by atoms with van der Waals surface area (Å²) in [5.74, 6) is -0.949. The second kappa shape index (κ2) is 4.14. The van der Waals surface area contributed by atoms with Crippen LogP contribution in [0.4, 0.5) is 0 Å². The molecule has 0 saturated heterocycles. The third kappa shape index (κ3) is 1.93. The van der Waals surface area contributed by atoms with E-state index in [0.717, 1.165) is 11.1 Å². The lowest BCUT2D eigenvalue weighted by Crippen LogP contribution is -2.02. The highest BCUT2D eigenvalue weighted by atomic mass is 16.4. The van der Waals surface area contributed by atoms with E-state index in [1.54, 1.807) is 12.3 Å². The van der Waals surface area contributed by atoms with Crippen molar-refractivity contribution in [2.75, 3.05) is 0 Å². The molecule has 0 atom stereocenters. The van der Waals surface area contributed by atoms with Crippen LogP contribution in [0.1, 0.15) is 15.9 Å². The first-order valence-corrected chi connectivity index (χ1v) is 4.94. The molecule has 16 heavy (non-hydrogen) atoms. The Morgan fingerprint density at radius 3 is 2.56 bits per heavy atom. The molecule has 0 aliphatic rings. The SMILES string of the molecule is Cc1cnc(-c2ccccc2)c(C(=O)O)c1. The second-order valence-corrected chi connectivity index (χ2v) is 3.58. The summed E-state index contributed by atoms with van der Waals surface area (Å²) in [7, 11) is 0. The standard InChI is InChI=1S/C13H11NO2/c1-9-7-11(13(15)16)12(14-8-9)10-5-3-2-4-6-10/h2-8H,1H3,(H,15,16). The first-order valence-electron chi connectivity index (χ1n) is 4.94. The Morgan fingerprint density at radius 2 is 1.94 bits per heavy atom. The van der Waals surface area contributed by atoms with Crippen molar-refractivity contribution in [3.63, 3.8) is 0 Å². The highest BCUT2D eigenvalue weighted by molar-refractivity contribution is 5.94. The number of carboxylic acids is 1. The number of carboxylic acid groups (broad SMARTS) is 1. The lowest BCUT2D eigenvalue weighted by Gasteiger charge is -2.05. The summed E-state index contributed by atoms with van der Waals surface area (Å²) in [4.78, 5) is 15.3. The van der Waals surface area contributed by atoms with Gasteiger partial charge in [0.25, 0.3) is 0 Å².